The molecule has 0 spiro atoms. The van der Waals surface area contributed by atoms with E-state index in [0.717, 1.165) is 12.2 Å². The van der Waals surface area contributed by atoms with Crippen LogP contribution in [0.4, 0.5) is 0 Å². The number of aromatic nitrogens is 2. The number of nitrogens with one attached hydrogen (secondary N) is 1. The molecule has 0 fully saturated rings. The van der Waals surface area contributed by atoms with E-state index in [4.69, 9.17) is 0 Å². The van der Waals surface area contributed by atoms with Gasteiger partial charge in [0.05, 0.1) is 6.33 Å². The van der Waals surface area contributed by atoms with Crippen molar-refractivity contribution in [3.63, 3.8) is 0 Å². The highest BCUT2D eigenvalue weighted by Gasteiger charge is 1.95. The van der Waals surface area contributed by atoms with Crippen LogP contribution in [-0.2, 0) is 0 Å². The minimum absolute atomic E-state index is 0.406. The molecule has 0 bridgehead atoms. The van der Waals surface area contributed by atoms with Gasteiger partial charge in [0.15, 0.2) is 0 Å². The van der Waals surface area contributed by atoms with Gasteiger partial charge in [0.25, 0.3) is 0 Å². The molecule has 0 radical (unpaired) electrons. The van der Waals surface area contributed by atoms with E-state index >= 15 is 0 Å². The number of hydrogen-bond donors (Lipinski definition) is 1. The Morgan fingerprint density at radius 3 is 2.72 bits per heavy atom. The van der Waals surface area contributed by atoms with Gasteiger partial charge in [-0.3, -0.25) is 0 Å². The SMILES string of the molecule is CCNC(C)/C=C/c1ccc(-n2ccnc2)cc1. The monoisotopic (exact) mass is 241 g/mol. The van der Waals surface area contributed by atoms with E-state index in [2.05, 4.69) is 60.6 Å². The number of benzene rings is 1. The predicted molar refractivity (Wildman–Crippen MR) is 75.7 cm³/mol. The van der Waals surface area contributed by atoms with Crippen LogP contribution in [0.3, 0.4) is 0 Å². The first kappa shape index (κ1) is 12.6. The molecule has 3 heteroatoms. The number of nitrogens with zero attached hydrogens (tertiary/aromatic N) is 2. The fourth-order valence-electron chi connectivity index (χ4n) is 1.81. The van der Waals surface area contributed by atoms with Gasteiger partial charge >= 0.3 is 0 Å². The van der Waals surface area contributed by atoms with Crippen LogP contribution in [-0.4, -0.2) is 22.1 Å². The van der Waals surface area contributed by atoms with Gasteiger partial charge in [-0.15, -0.1) is 0 Å². The van der Waals surface area contributed by atoms with Crippen LogP contribution in [0.15, 0.2) is 49.1 Å². The average Bonchev–Trinajstić information content (AvgIpc) is 2.91. The summed E-state index contributed by atoms with van der Waals surface area (Å²) in [6, 6.07) is 8.83. The summed E-state index contributed by atoms with van der Waals surface area (Å²) in [5, 5.41) is 3.35. The maximum atomic E-state index is 4.04. The van der Waals surface area contributed by atoms with Crippen LogP contribution in [0.1, 0.15) is 19.4 Å². The predicted octanol–water partition coefficient (Wildman–Crippen LogP) is 2.88. The van der Waals surface area contributed by atoms with Gasteiger partial charge in [-0.05, 0) is 31.2 Å². The zero-order valence-corrected chi connectivity index (χ0v) is 10.9. The van der Waals surface area contributed by atoms with E-state index in [1.807, 2.05) is 10.8 Å². The van der Waals surface area contributed by atoms with Gasteiger partial charge in [0, 0.05) is 24.1 Å². The summed E-state index contributed by atoms with van der Waals surface area (Å²) in [5.74, 6) is 0. The van der Waals surface area contributed by atoms with Crippen LogP contribution >= 0.6 is 0 Å². The highest BCUT2D eigenvalue weighted by Crippen LogP contribution is 2.10. The molecule has 1 unspecified atom stereocenters. The molecular weight excluding hydrogens is 222 g/mol. The third kappa shape index (κ3) is 3.31. The van der Waals surface area contributed by atoms with E-state index in [1.165, 1.54) is 5.56 Å². The zero-order chi connectivity index (χ0) is 12.8. The molecule has 0 aliphatic heterocycles. The number of rotatable bonds is 5. The van der Waals surface area contributed by atoms with Crippen LogP contribution in [0.5, 0.6) is 0 Å². The van der Waals surface area contributed by atoms with Gasteiger partial charge < -0.3 is 9.88 Å². The molecule has 0 saturated carbocycles. The van der Waals surface area contributed by atoms with Crippen LogP contribution in [0.25, 0.3) is 11.8 Å². The summed E-state index contributed by atoms with van der Waals surface area (Å²) in [5.41, 5.74) is 2.34. The maximum absolute atomic E-state index is 4.04. The number of imidazole rings is 1. The Morgan fingerprint density at radius 1 is 1.33 bits per heavy atom. The Balaban J connectivity index is 2.04. The Bertz CT molecular complexity index is 483. The minimum Gasteiger partial charge on any atom is -0.311 e. The molecule has 1 aromatic heterocycles. The van der Waals surface area contributed by atoms with E-state index in [9.17, 15) is 0 Å². The molecule has 1 heterocycles. The molecule has 1 N–H and O–H groups in total. The molecule has 2 rings (SSSR count). The maximum Gasteiger partial charge on any atom is 0.0991 e. The molecule has 0 amide bonds. The molecule has 2 aromatic rings. The second-order valence-electron chi connectivity index (χ2n) is 4.27. The summed E-state index contributed by atoms with van der Waals surface area (Å²) in [6.07, 6.45) is 9.85. The quantitative estimate of drug-likeness (QED) is 0.872. The van der Waals surface area contributed by atoms with Crippen molar-refractivity contribution in [1.29, 1.82) is 0 Å². The van der Waals surface area contributed by atoms with Crippen molar-refractivity contribution in [2.24, 2.45) is 0 Å². The summed E-state index contributed by atoms with van der Waals surface area (Å²) >= 11 is 0. The molecule has 18 heavy (non-hydrogen) atoms. The molecule has 3 nitrogen and oxygen atoms in total. The van der Waals surface area contributed by atoms with E-state index in [0.29, 0.717) is 6.04 Å². The smallest absolute Gasteiger partial charge is 0.0991 e. The summed E-state index contributed by atoms with van der Waals surface area (Å²) in [6.45, 7) is 5.26. The summed E-state index contributed by atoms with van der Waals surface area (Å²) in [4.78, 5) is 4.04. The van der Waals surface area contributed by atoms with Gasteiger partial charge in [-0.25, -0.2) is 4.98 Å². The van der Waals surface area contributed by atoms with E-state index < -0.39 is 0 Å². The Hall–Kier alpha value is -1.87. The lowest BCUT2D eigenvalue weighted by Gasteiger charge is -2.06. The van der Waals surface area contributed by atoms with Crippen molar-refractivity contribution in [3.8, 4) is 5.69 Å². The molecule has 0 aliphatic rings. The highest BCUT2D eigenvalue weighted by atomic mass is 15.0. The van der Waals surface area contributed by atoms with E-state index in [-0.39, 0.29) is 0 Å². The molecule has 1 atom stereocenters. The second kappa shape index (κ2) is 6.17. The lowest BCUT2D eigenvalue weighted by Crippen LogP contribution is -2.22. The normalized spacial score (nSPS) is 13.0. The highest BCUT2D eigenvalue weighted by molar-refractivity contribution is 5.52. The first-order valence-electron chi connectivity index (χ1n) is 6.29. The zero-order valence-electron chi connectivity index (χ0n) is 10.9. The average molecular weight is 241 g/mol. The van der Waals surface area contributed by atoms with Gasteiger partial charge in [0.1, 0.15) is 0 Å². The molecule has 0 aliphatic carbocycles. The third-order valence-corrected chi connectivity index (χ3v) is 2.80. The van der Waals surface area contributed by atoms with Crippen LogP contribution < -0.4 is 5.32 Å². The van der Waals surface area contributed by atoms with E-state index in [1.54, 1.807) is 12.5 Å². The van der Waals surface area contributed by atoms with Crippen LogP contribution in [0.2, 0.25) is 0 Å². The Morgan fingerprint density at radius 2 is 2.11 bits per heavy atom. The summed E-state index contributed by atoms with van der Waals surface area (Å²) in [7, 11) is 0. The molecular formula is C15H19N3. The van der Waals surface area contributed by atoms with Crippen molar-refractivity contribution >= 4 is 6.08 Å². The first-order valence-corrected chi connectivity index (χ1v) is 6.29. The summed E-state index contributed by atoms with van der Waals surface area (Å²) < 4.78 is 1.99. The van der Waals surface area contributed by atoms with Crippen LogP contribution in [0, 0.1) is 0 Å². The Labute approximate surface area is 108 Å². The Kier molecular flexibility index (Phi) is 4.31. The standard InChI is InChI=1S/C15H19N3/c1-3-17-13(2)4-5-14-6-8-15(9-7-14)18-11-10-16-12-18/h4-13,17H,3H2,1-2H3/b5-4+. The largest absolute Gasteiger partial charge is 0.311 e. The molecule has 94 valence electrons. The first-order chi connectivity index (χ1) is 8.79. The topological polar surface area (TPSA) is 29.9 Å². The van der Waals surface area contributed by atoms with Crippen molar-refractivity contribution < 1.29 is 0 Å². The van der Waals surface area contributed by atoms with Crippen molar-refractivity contribution in [2.45, 2.75) is 19.9 Å². The third-order valence-electron chi connectivity index (χ3n) is 2.80. The second-order valence-corrected chi connectivity index (χ2v) is 4.27. The fraction of sp³-hybridized carbons (Fsp3) is 0.267. The van der Waals surface area contributed by atoms with Gasteiger partial charge in [-0.2, -0.15) is 0 Å². The number of likely N-dealkylation sites (N-methyl/N-ethyl adjacent to an activating group) is 1. The lowest BCUT2D eigenvalue weighted by atomic mass is 10.1. The fourth-order valence-corrected chi connectivity index (χ4v) is 1.81. The van der Waals surface area contributed by atoms with Gasteiger partial charge in [0.2, 0.25) is 0 Å². The van der Waals surface area contributed by atoms with Crippen molar-refractivity contribution in [3.05, 3.63) is 54.6 Å². The molecule has 0 saturated heterocycles. The lowest BCUT2D eigenvalue weighted by molar-refractivity contribution is 0.663. The molecule has 1 aromatic carbocycles. The number of hydrogen-bond acceptors (Lipinski definition) is 2. The van der Waals surface area contributed by atoms with Gasteiger partial charge in [-0.1, -0.05) is 31.2 Å². The van der Waals surface area contributed by atoms with Crippen molar-refractivity contribution in [1.82, 2.24) is 14.9 Å². The van der Waals surface area contributed by atoms with Crippen molar-refractivity contribution in [2.75, 3.05) is 6.54 Å². The minimum atomic E-state index is 0.406.